The van der Waals surface area contributed by atoms with Crippen molar-refractivity contribution >= 4 is 21.6 Å². The number of carbonyl (C=O) groups excluding carboxylic acids is 1. The van der Waals surface area contributed by atoms with Gasteiger partial charge in [0.25, 0.3) is 5.91 Å². The summed E-state index contributed by atoms with van der Waals surface area (Å²) in [6, 6.07) is 16.1. The first-order valence-electron chi connectivity index (χ1n) is 7.39. The third-order valence-corrected chi connectivity index (χ3v) is 5.12. The number of amides is 1. The Bertz CT molecular complexity index is 819. The topological polar surface area (TPSA) is 66.5 Å². The molecule has 3 rings (SSSR count). The predicted octanol–water partition coefficient (Wildman–Crippen LogP) is 2.33. The Morgan fingerprint density at radius 3 is 2.43 bits per heavy atom. The second-order valence-corrected chi connectivity index (χ2v) is 7.48. The van der Waals surface area contributed by atoms with Crippen LogP contribution in [0.5, 0.6) is 0 Å². The van der Waals surface area contributed by atoms with Crippen molar-refractivity contribution in [2.75, 3.05) is 17.1 Å². The van der Waals surface area contributed by atoms with Crippen LogP contribution in [0.3, 0.4) is 0 Å². The molecule has 5 nitrogen and oxygen atoms in total. The van der Waals surface area contributed by atoms with Gasteiger partial charge in [-0.05, 0) is 30.2 Å². The largest absolute Gasteiger partial charge is 0.345 e. The Kier molecular flexibility index (Phi) is 4.09. The molecule has 0 saturated heterocycles. The van der Waals surface area contributed by atoms with Gasteiger partial charge in [0.2, 0.25) is 10.0 Å². The van der Waals surface area contributed by atoms with Gasteiger partial charge in [-0.2, -0.15) is 0 Å². The van der Waals surface area contributed by atoms with Crippen LogP contribution in [0.2, 0.25) is 0 Å². The highest BCUT2D eigenvalue weighted by molar-refractivity contribution is 7.92. The van der Waals surface area contributed by atoms with E-state index in [2.05, 4.69) is 5.32 Å². The van der Waals surface area contributed by atoms with Crippen molar-refractivity contribution in [3.63, 3.8) is 0 Å². The van der Waals surface area contributed by atoms with E-state index in [1.165, 1.54) is 10.6 Å². The van der Waals surface area contributed by atoms with E-state index < -0.39 is 10.0 Å². The fourth-order valence-electron chi connectivity index (χ4n) is 2.86. The second kappa shape index (κ2) is 6.04. The van der Waals surface area contributed by atoms with Crippen LogP contribution in [0.1, 0.15) is 28.4 Å². The van der Waals surface area contributed by atoms with Crippen molar-refractivity contribution in [3.8, 4) is 0 Å². The summed E-state index contributed by atoms with van der Waals surface area (Å²) in [5.74, 6) is -0.154. The van der Waals surface area contributed by atoms with Crippen LogP contribution in [0.25, 0.3) is 0 Å². The molecule has 1 heterocycles. The molecule has 2 aromatic carbocycles. The minimum absolute atomic E-state index is 0.154. The number of rotatable bonds is 3. The standard InChI is InChI=1S/C17H18N2O3S/c1-23(21,22)19-12-11-15(14-9-5-6-10-16(14)19)18-17(20)13-7-3-2-4-8-13/h2-10,15H,11-12H2,1H3,(H,18,20). The van der Waals surface area contributed by atoms with Gasteiger partial charge in [0, 0.05) is 12.1 Å². The van der Waals surface area contributed by atoms with Crippen LogP contribution >= 0.6 is 0 Å². The Morgan fingerprint density at radius 2 is 1.74 bits per heavy atom. The Balaban J connectivity index is 1.89. The Labute approximate surface area is 136 Å². The third kappa shape index (κ3) is 3.22. The van der Waals surface area contributed by atoms with Crippen molar-refractivity contribution < 1.29 is 13.2 Å². The number of carbonyl (C=O) groups is 1. The van der Waals surface area contributed by atoms with E-state index in [4.69, 9.17) is 0 Å². The lowest BCUT2D eigenvalue weighted by Gasteiger charge is -2.34. The maximum absolute atomic E-state index is 12.4. The lowest BCUT2D eigenvalue weighted by molar-refractivity contribution is 0.0934. The molecular weight excluding hydrogens is 312 g/mol. The lowest BCUT2D eigenvalue weighted by Crippen LogP contribution is -2.40. The molecule has 2 aromatic rings. The summed E-state index contributed by atoms with van der Waals surface area (Å²) in [7, 11) is -3.32. The zero-order valence-electron chi connectivity index (χ0n) is 12.8. The van der Waals surface area contributed by atoms with Crippen molar-refractivity contribution in [1.29, 1.82) is 0 Å². The zero-order valence-corrected chi connectivity index (χ0v) is 13.6. The average Bonchev–Trinajstić information content (AvgIpc) is 2.55. The normalized spacial score (nSPS) is 17.4. The molecule has 1 amide bonds. The van der Waals surface area contributed by atoms with Crippen molar-refractivity contribution in [3.05, 3.63) is 65.7 Å². The SMILES string of the molecule is CS(=O)(=O)N1CCC(NC(=O)c2ccccc2)c2ccccc21. The molecule has 23 heavy (non-hydrogen) atoms. The molecule has 1 aliphatic rings. The van der Waals surface area contributed by atoms with Gasteiger partial charge in [-0.15, -0.1) is 0 Å². The van der Waals surface area contributed by atoms with Crippen LogP contribution in [-0.4, -0.2) is 27.1 Å². The second-order valence-electron chi connectivity index (χ2n) is 5.57. The van der Waals surface area contributed by atoms with Gasteiger partial charge in [0.15, 0.2) is 0 Å². The molecule has 0 saturated carbocycles. The quantitative estimate of drug-likeness (QED) is 0.939. The first-order chi connectivity index (χ1) is 11.0. The maximum atomic E-state index is 12.4. The van der Waals surface area contributed by atoms with Gasteiger partial charge in [0.05, 0.1) is 18.0 Å². The number of para-hydroxylation sites is 1. The Hall–Kier alpha value is -2.34. The number of anilines is 1. The number of fused-ring (bicyclic) bond motifs is 1. The molecule has 0 aromatic heterocycles. The van der Waals surface area contributed by atoms with Crippen molar-refractivity contribution in [2.24, 2.45) is 0 Å². The van der Waals surface area contributed by atoms with Crippen LogP contribution in [0.4, 0.5) is 5.69 Å². The number of nitrogens with one attached hydrogen (secondary N) is 1. The molecule has 1 N–H and O–H groups in total. The summed E-state index contributed by atoms with van der Waals surface area (Å²) in [5, 5.41) is 3.00. The number of sulfonamides is 1. The molecule has 1 atom stereocenters. The van der Waals surface area contributed by atoms with Crippen molar-refractivity contribution in [1.82, 2.24) is 5.32 Å². The van der Waals surface area contributed by atoms with E-state index in [0.29, 0.717) is 24.2 Å². The molecule has 0 spiro atoms. The number of nitrogens with zero attached hydrogens (tertiary/aromatic N) is 1. The molecule has 120 valence electrons. The monoisotopic (exact) mass is 330 g/mol. The first kappa shape index (κ1) is 15.6. The van der Waals surface area contributed by atoms with Crippen LogP contribution in [0.15, 0.2) is 54.6 Å². The lowest BCUT2D eigenvalue weighted by atomic mass is 9.97. The van der Waals surface area contributed by atoms with Gasteiger partial charge in [0.1, 0.15) is 0 Å². The Morgan fingerprint density at radius 1 is 1.09 bits per heavy atom. The minimum Gasteiger partial charge on any atom is -0.345 e. The van der Waals surface area contributed by atoms with Crippen LogP contribution < -0.4 is 9.62 Å². The summed E-state index contributed by atoms with van der Waals surface area (Å²) in [6.07, 6.45) is 1.75. The summed E-state index contributed by atoms with van der Waals surface area (Å²) >= 11 is 0. The first-order valence-corrected chi connectivity index (χ1v) is 9.24. The molecule has 0 radical (unpaired) electrons. The highest BCUT2D eigenvalue weighted by Gasteiger charge is 2.30. The number of hydrogen-bond donors (Lipinski definition) is 1. The molecule has 0 bridgehead atoms. The molecule has 0 aliphatic carbocycles. The summed E-state index contributed by atoms with van der Waals surface area (Å²) in [4.78, 5) is 12.4. The fourth-order valence-corrected chi connectivity index (χ4v) is 3.82. The van der Waals surface area contributed by atoms with Crippen LogP contribution in [-0.2, 0) is 10.0 Å². The zero-order chi connectivity index (χ0) is 16.4. The molecule has 0 fully saturated rings. The fraction of sp³-hybridized carbons (Fsp3) is 0.235. The summed E-state index contributed by atoms with van der Waals surface area (Å²) in [6.45, 7) is 0.357. The molecule has 1 unspecified atom stereocenters. The van der Waals surface area contributed by atoms with Crippen molar-refractivity contribution in [2.45, 2.75) is 12.5 Å². The molecular formula is C17H18N2O3S. The highest BCUT2D eigenvalue weighted by atomic mass is 32.2. The average molecular weight is 330 g/mol. The van der Waals surface area contributed by atoms with Gasteiger partial charge in [-0.1, -0.05) is 36.4 Å². The smallest absolute Gasteiger partial charge is 0.251 e. The van der Waals surface area contributed by atoms with E-state index in [-0.39, 0.29) is 11.9 Å². The number of hydrogen-bond acceptors (Lipinski definition) is 3. The number of benzene rings is 2. The van der Waals surface area contributed by atoms with Gasteiger partial charge < -0.3 is 5.32 Å². The maximum Gasteiger partial charge on any atom is 0.251 e. The van der Waals surface area contributed by atoms with E-state index >= 15 is 0 Å². The van der Waals surface area contributed by atoms with Crippen LogP contribution in [0, 0.1) is 0 Å². The third-order valence-electron chi connectivity index (χ3n) is 3.94. The van der Waals surface area contributed by atoms with Gasteiger partial charge in [-0.3, -0.25) is 9.10 Å². The molecule has 1 aliphatic heterocycles. The van der Waals surface area contributed by atoms with E-state index in [1.807, 2.05) is 30.3 Å². The van der Waals surface area contributed by atoms with E-state index in [9.17, 15) is 13.2 Å². The predicted molar refractivity (Wildman–Crippen MR) is 89.9 cm³/mol. The summed E-state index contributed by atoms with van der Waals surface area (Å²) < 4.78 is 25.3. The van der Waals surface area contributed by atoms with Gasteiger partial charge in [-0.25, -0.2) is 8.42 Å². The van der Waals surface area contributed by atoms with E-state index in [0.717, 1.165) is 5.56 Å². The minimum atomic E-state index is -3.32. The van der Waals surface area contributed by atoms with E-state index in [1.54, 1.807) is 24.3 Å². The molecule has 6 heteroatoms. The highest BCUT2D eigenvalue weighted by Crippen LogP contribution is 2.35. The summed E-state index contributed by atoms with van der Waals surface area (Å²) in [5.41, 5.74) is 2.06. The van der Waals surface area contributed by atoms with Gasteiger partial charge >= 0.3 is 0 Å².